The van der Waals surface area contributed by atoms with E-state index in [9.17, 15) is 4.79 Å². The normalized spacial score (nSPS) is 25.1. The summed E-state index contributed by atoms with van der Waals surface area (Å²) in [6, 6.07) is 11.0. The molecule has 23 heavy (non-hydrogen) atoms. The molecule has 2 heterocycles. The summed E-state index contributed by atoms with van der Waals surface area (Å²) < 4.78 is 5.47. The summed E-state index contributed by atoms with van der Waals surface area (Å²) in [5.74, 6) is -0.272. The summed E-state index contributed by atoms with van der Waals surface area (Å²) in [6.07, 6.45) is 2.12. The van der Waals surface area contributed by atoms with Crippen LogP contribution in [0.15, 0.2) is 30.3 Å². The molecule has 2 aliphatic rings. The smallest absolute Gasteiger partial charge is 0.223 e. The minimum absolute atomic E-state index is 0.0935. The number of amides is 1. The number of ether oxygens (including phenoxy) is 1. The van der Waals surface area contributed by atoms with Crippen molar-refractivity contribution in [3.63, 3.8) is 0 Å². The Labute approximate surface area is 138 Å². The Kier molecular flexibility index (Phi) is 5.65. The van der Waals surface area contributed by atoms with Gasteiger partial charge in [-0.2, -0.15) is 0 Å². The van der Waals surface area contributed by atoms with Crippen LogP contribution in [0.5, 0.6) is 0 Å². The zero-order valence-corrected chi connectivity index (χ0v) is 13.7. The molecular weight excluding hydrogens is 290 g/mol. The molecule has 1 unspecified atom stereocenters. The Balaban J connectivity index is 1.66. The first-order chi connectivity index (χ1) is 11.2. The highest BCUT2D eigenvalue weighted by Gasteiger charge is 2.30. The Hall–Kier alpha value is -1.43. The summed E-state index contributed by atoms with van der Waals surface area (Å²) in [4.78, 5) is 16.7. The van der Waals surface area contributed by atoms with E-state index in [1.165, 1.54) is 5.56 Å². The average Bonchev–Trinajstić information content (AvgIpc) is 2.80. The molecule has 0 aliphatic carbocycles. The van der Waals surface area contributed by atoms with Crippen LogP contribution in [0.2, 0.25) is 0 Å². The Morgan fingerprint density at radius 3 is 2.57 bits per heavy atom. The molecule has 1 aromatic rings. The van der Waals surface area contributed by atoms with Crippen LogP contribution in [0.1, 0.15) is 18.4 Å². The molecular formula is C18H27N3O2. The van der Waals surface area contributed by atoms with E-state index >= 15 is 0 Å². The number of nitrogens with two attached hydrogens (primary N) is 1. The van der Waals surface area contributed by atoms with Crippen LogP contribution >= 0.6 is 0 Å². The van der Waals surface area contributed by atoms with Gasteiger partial charge in [0.25, 0.3) is 0 Å². The van der Waals surface area contributed by atoms with E-state index in [1.807, 2.05) is 6.07 Å². The number of nitrogens with zero attached hydrogens (tertiary/aromatic N) is 2. The highest BCUT2D eigenvalue weighted by molar-refractivity contribution is 5.77. The fourth-order valence-electron chi connectivity index (χ4n) is 3.65. The van der Waals surface area contributed by atoms with Crippen molar-refractivity contribution in [2.75, 3.05) is 39.4 Å². The molecule has 2 N–H and O–H groups in total. The van der Waals surface area contributed by atoms with Crippen LogP contribution in [-0.4, -0.2) is 61.1 Å². The maximum Gasteiger partial charge on any atom is 0.223 e. The van der Waals surface area contributed by atoms with Crippen molar-refractivity contribution >= 4 is 5.91 Å². The van der Waals surface area contributed by atoms with Gasteiger partial charge in [0.05, 0.1) is 5.92 Å². The first-order valence-corrected chi connectivity index (χ1v) is 8.60. The molecule has 2 saturated heterocycles. The molecule has 3 rings (SSSR count). The molecule has 5 heteroatoms. The van der Waals surface area contributed by atoms with Gasteiger partial charge >= 0.3 is 0 Å². The summed E-state index contributed by atoms with van der Waals surface area (Å²) >= 11 is 0. The van der Waals surface area contributed by atoms with Crippen molar-refractivity contribution in [3.05, 3.63) is 35.9 Å². The van der Waals surface area contributed by atoms with E-state index in [0.717, 1.165) is 58.8 Å². The minimum Gasteiger partial charge on any atom is -0.381 e. The minimum atomic E-state index is -0.179. The largest absolute Gasteiger partial charge is 0.381 e. The number of primary amides is 1. The number of hydrogen-bond donors (Lipinski definition) is 1. The van der Waals surface area contributed by atoms with Crippen molar-refractivity contribution in [1.29, 1.82) is 0 Å². The summed E-state index contributed by atoms with van der Waals surface area (Å²) in [5, 5.41) is 0. The SMILES string of the molecule is NC(=O)C1CN(Cc2ccccc2)CCN(C2CCOCC2)C1. The van der Waals surface area contributed by atoms with Crippen molar-refractivity contribution in [2.24, 2.45) is 11.7 Å². The van der Waals surface area contributed by atoms with Crippen LogP contribution in [0, 0.1) is 5.92 Å². The van der Waals surface area contributed by atoms with Gasteiger partial charge in [0, 0.05) is 52.0 Å². The van der Waals surface area contributed by atoms with E-state index in [-0.39, 0.29) is 11.8 Å². The number of hydrogen-bond acceptors (Lipinski definition) is 4. The zero-order valence-electron chi connectivity index (χ0n) is 13.7. The standard InChI is InChI=1S/C18H27N3O2/c19-18(22)16-13-20(12-15-4-2-1-3-5-15)8-9-21(14-16)17-6-10-23-11-7-17/h1-5,16-17H,6-14H2,(H2,19,22). The van der Waals surface area contributed by atoms with Gasteiger partial charge in [-0.25, -0.2) is 0 Å². The van der Waals surface area contributed by atoms with E-state index in [2.05, 4.69) is 34.1 Å². The highest BCUT2D eigenvalue weighted by Crippen LogP contribution is 2.20. The number of carbonyl (C=O) groups is 1. The zero-order chi connectivity index (χ0) is 16.1. The molecule has 1 amide bonds. The van der Waals surface area contributed by atoms with Crippen molar-refractivity contribution < 1.29 is 9.53 Å². The van der Waals surface area contributed by atoms with Gasteiger partial charge in [0.15, 0.2) is 0 Å². The molecule has 0 aromatic heterocycles. The maximum absolute atomic E-state index is 11.9. The van der Waals surface area contributed by atoms with E-state index in [4.69, 9.17) is 10.5 Å². The molecule has 2 fully saturated rings. The lowest BCUT2D eigenvalue weighted by atomic mass is 10.0. The monoisotopic (exact) mass is 317 g/mol. The predicted molar refractivity (Wildman–Crippen MR) is 89.8 cm³/mol. The lowest BCUT2D eigenvalue weighted by Gasteiger charge is -2.34. The molecule has 5 nitrogen and oxygen atoms in total. The molecule has 0 radical (unpaired) electrons. The first kappa shape index (κ1) is 16.4. The second-order valence-corrected chi connectivity index (χ2v) is 6.66. The van der Waals surface area contributed by atoms with Gasteiger partial charge in [-0.05, 0) is 18.4 Å². The molecule has 126 valence electrons. The van der Waals surface area contributed by atoms with Crippen LogP contribution in [-0.2, 0) is 16.1 Å². The quantitative estimate of drug-likeness (QED) is 0.903. The Morgan fingerprint density at radius 2 is 1.87 bits per heavy atom. The Morgan fingerprint density at radius 1 is 1.13 bits per heavy atom. The van der Waals surface area contributed by atoms with Crippen molar-refractivity contribution in [1.82, 2.24) is 9.80 Å². The van der Waals surface area contributed by atoms with E-state index in [0.29, 0.717) is 6.04 Å². The fourth-order valence-corrected chi connectivity index (χ4v) is 3.65. The number of benzene rings is 1. The second-order valence-electron chi connectivity index (χ2n) is 6.66. The predicted octanol–water partition coefficient (Wildman–Crippen LogP) is 1.08. The molecule has 1 atom stereocenters. The van der Waals surface area contributed by atoms with Gasteiger partial charge in [-0.15, -0.1) is 0 Å². The third-order valence-corrected chi connectivity index (χ3v) is 5.00. The topological polar surface area (TPSA) is 58.8 Å². The van der Waals surface area contributed by atoms with Gasteiger partial charge in [-0.3, -0.25) is 14.6 Å². The molecule has 1 aromatic carbocycles. The fraction of sp³-hybridized carbons (Fsp3) is 0.611. The first-order valence-electron chi connectivity index (χ1n) is 8.60. The summed E-state index contributed by atoms with van der Waals surface area (Å²) in [6.45, 7) is 6.06. The second kappa shape index (κ2) is 7.90. The number of rotatable bonds is 4. The average molecular weight is 317 g/mol. The van der Waals surface area contributed by atoms with Gasteiger partial charge in [0.2, 0.25) is 5.91 Å². The molecule has 0 bridgehead atoms. The molecule has 0 saturated carbocycles. The van der Waals surface area contributed by atoms with Gasteiger partial charge < -0.3 is 10.5 Å². The number of carbonyl (C=O) groups excluding carboxylic acids is 1. The third kappa shape index (κ3) is 4.53. The van der Waals surface area contributed by atoms with Crippen molar-refractivity contribution in [3.8, 4) is 0 Å². The van der Waals surface area contributed by atoms with Gasteiger partial charge in [-0.1, -0.05) is 30.3 Å². The maximum atomic E-state index is 11.9. The van der Waals surface area contributed by atoms with Crippen molar-refractivity contribution in [2.45, 2.75) is 25.4 Å². The van der Waals surface area contributed by atoms with Crippen LogP contribution in [0.25, 0.3) is 0 Å². The van der Waals surface area contributed by atoms with Crippen LogP contribution < -0.4 is 5.73 Å². The van der Waals surface area contributed by atoms with E-state index < -0.39 is 0 Å². The van der Waals surface area contributed by atoms with E-state index in [1.54, 1.807) is 0 Å². The molecule has 2 aliphatic heterocycles. The highest BCUT2D eigenvalue weighted by atomic mass is 16.5. The summed E-state index contributed by atoms with van der Waals surface area (Å²) in [7, 11) is 0. The van der Waals surface area contributed by atoms with Crippen LogP contribution in [0.3, 0.4) is 0 Å². The third-order valence-electron chi connectivity index (χ3n) is 5.00. The molecule has 0 spiro atoms. The van der Waals surface area contributed by atoms with Gasteiger partial charge in [0.1, 0.15) is 0 Å². The lowest BCUT2D eigenvalue weighted by Crippen LogP contribution is -2.44. The Bertz CT molecular complexity index is 502. The summed E-state index contributed by atoms with van der Waals surface area (Å²) in [5.41, 5.74) is 6.95. The lowest BCUT2D eigenvalue weighted by molar-refractivity contribution is -0.122. The van der Waals surface area contributed by atoms with Crippen LogP contribution in [0.4, 0.5) is 0 Å².